The molecule has 0 unspecified atom stereocenters. The molecular formula is C21H19F2N3O3S. The van der Waals surface area contributed by atoms with Gasteiger partial charge in [0.2, 0.25) is 11.8 Å². The molecule has 1 saturated heterocycles. The quantitative estimate of drug-likeness (QED) is 0.645. The van der Waals surface area contributed by atoms with Crippen molar-refractivity contribution in [1.29, 1.82) is 0 Å². The van der Waals surface area contributed by atoms with E-state index in [0.717, 1.165) is 36.8 Å². The van der Waals surface area contributed by atoms with Crippen LogP contribution in [-0.2, 0) is 17.8 Å². The number of halogens is 2. The van der Waals surface area contributed by atoms with Crippen LogP contribution in [0, 0.1) is 11.6 Å². The van der Waals surface area contributed by atoms with Gasteiger partial charge in [0.05, 0.1) is 6.42 Å². The van der Waals surface area contributed by atoms with Gasteiger partial charge in [0.25, 0.3) is 5.91 Å². The summed E-state index contributed by atoms with van der Waals surface area (Å²) in [6.45, 7) is 1.26. The molecule has 4 rings (SSSR count). The highest BCUT2D eigenvalue weighted by Gasteiger charge is 2.25. The third-order valence-electron chi connectivity index (χ3n) is 4.87. The first-order valence-electron chi connectivity index (χ1n) is 9.52. The van der Waals surface area contributed by atoms with E-state index in [2.05, 4.69) is 10.3 Å². The van der Waals surface area contributed by atoms with E-state index in [9.17, 15) is 18.4 Å². The van der Waals surface area contributed by atoms with Crippen LogP contribution in [0.5, 0.6) is 0 Å². The van der Waals surface area contributed by atoms with E-state index in [0.29, 0.717) is 13.1 Å². The number of aromatic nitrogens is 1. The van der Waals surface area contributed by atoms with Gasteiger partial charge in [0.1, 0.15) is 23.5 Å². The molecule has 0 aliphatic carbocycles. The monoisotopic (exact) mass is 431 g/mol. The minimum absolute atomic E-state index is 0.0125. The van der Waals surface area contributed by atoms with Crippen LogP contribution in [0.4, 0.5) is 8.78 Å². The summed E-state index contributed by atoms with van der Waals surface area (Å²) in [6, 6.07) is 4.09. The molecule has 9 heteroatoms. The minimum Gasteiger partial charge on any atom is -0.443 e. The fourth-order valence-electron chi connectivity index (χ4n) is 3.34. The first-order chi connectivity index (χ1) is 14.5. The second-order valence-corrected chi connectivity index (χ2v) is 7.84. The van der Waals surface area contributed by atoms with Gasteiger partial charge in [0.15, 0.2) is 5.69 Å². The van der Waals surface area contributed by atoms with Gasteiger partial charge in [-0.1, -0.05) is 0 Å². The minimum atomic E-state index is -0.876. The van der Waals surface area contributed by atoms with Crippen LogP contribution in [0.15, 0.2) is 39.6 Å². The number of carbonyl (C=O) groups is 2. The number of likely N-dealkylation sites (tertiary alicyclic amines) is 1. The molecule has 0 radical (unpaired) electrons. The summed E-state index contributed by atoms with van der Waals surface area (Å²) in [5.74, 6) is -2.59. The molecule has 156 valence electrons. The van der Waals surface area contributed by atoms with E-state index in [1.807, 2.05) is 16.8 Å². The molecule has 1 aliphatic heterocycles. The maximum atomic E-state index is 14.6. The lowest BCUT2D eigenvalue weighted by Gasteiger charge is -2.12. The van der Waals surface area contributed by atoms with Gasteiger partial charge in [-0.2, -0.15) is 11.3 Å². The molecule has 30 heavy (non-hydrogen) atoms. The van der Waals surface area contributed by atoms with Gasteiger partial charge in [-0.15, -0.1) is 0 Å². The number of hydrogen-bond donors (Lipinski definition) is 1. The van der Waals surface area contributed by atoms with Crippen molar-refractivity contribution in [2.24, 2.45) is 0 Å². The van der Waals surface area contributed by atoms with Gasteiger partial charge in [0, 0.05) is 19.6 Å². The topological polar surface area (TPSA) is 75.4 Å². The van der Waals surface area contributed by atoms with Crippen LogP contribution in [-0.4, -0.2) is 34.8 Å². The average Bonchev–Trinajstić information content (AvgIpc) is 3.47. The predicted molar refractivity (Wildman–Crippen MR) is 107 cm³/mol. The molecule has 1 N–H and O–H groups in total. The number of nitrogens with one attached hydrogen (secondary N) is 1. The number of rotatable bonds is 6. The SMILES string of the molecule is O=C(Cc1ccsc1)NCc1cc(F)c(-c2nc(C(=O)N3CCCC3)co2)c(F)c1. The standard InChI is InChI=1S/C21H19F2N3O3S/c22-15-7-14(10-24-18(27)9-13-3-6-30-12-13)8-16(23)19(15)20-25-17(11-29-20)21(28)26-4-1-2-5-26/h3,6-8,11-12H,1-2,4-5,9-10H2,(H,24,27). The average molecular weight is 431 g/mol. The maximum Gasteiger partial charge on any atom is 0.275 e. The van der Waals surface area contributed by atoms with Crippen molar-refractivity contribution in [1.82, 2.24) is 15.2 Å². The van der Waals surface area contributed by atoms with E-state index in [-0.39, 0.29) is 41.9 Å². The molecule has 3 aromatic rings. The first kappa shape index (κ1) is 20.2. The van der Waals surface area contributed by atoms with Crippen molar-refractivity contribution in [3.8, 4) is 11.5 Å². The summed E-state index contributed by atoms with van der Waals surface area (Å²) in [4.78, 5) is 29.9. The molecule has 0 atom stereocenters. The summed E-state index contributed by atoms with van der Waals surface area (Å²) >= 11 is 1.49. The van der Waals surface area contributed by atoms with Crippen molar-refractivity contribution in [2.75, 3.05) is 13.1 Å². The Morgan fingerprint density at radius 2 is 1.90 bits per heavy atom. The van der Waals surface area contributed by atoms with E-state index in [1.165, 1.54) is 11.3 Å². The molecule has 1 aromatic carbocycles. The Morgan fingerprint density at radius 3 is 2.57 bits per heavy atom. The van der Waals surface area contributed by atoms with Gasteiger partial charge in [-0.3, -0.25) is 9.59 Å². The van der Waals surface area contributed by atoms with E-state index < -0.39 is 17.2 Å². The van der Waals surface area contributed by atoms with E-state index in [4.69, 9.17) is 4.42 Å². The number of benzene rings is 1. The second kappa shape index (κ2) is 8.74. The number of oxazole rings is 1. The molecular weight excluding hydrogens is 412 g/mol. The summed E-state index contributed by atoms with van der Waals surface area (Å²) in [7, 11) is 0. The number of thiophene rings is 1. The lowest BCUT2D eigenvalue weighted by atomic mass is 10.1. The largest absolute Gasteiger partial charge is 0.443 e. The Bertz CT molecular complexity index is 1040. The molecule has 0 spiro atoms. The molecule has 2 aromatic heterocycles. The van der Waals surface area contributed by atoms with Crippen molar-refractivity contribution < 1.29 is 22.8 Å². The Labute approximate surface area is 175 Å². The zero-order chi connectivity index (χ0) is 21.1. The number of amides is 2. The second-order valence-electron chi connectivity index (χ2n) is 7.06. The van der Waals surface area contributed by atoms with Crippen LogP contribution in [0.3, 0.4) is 0 Å². The fraction of sp³-hybridized carbons (Fsp3) is 0.286. The summed E-state index contributed by atoms with van der Waals surface area (Å²) < 4.78 is 34.4. The van der Waals surface area contributed by atoms with Gasteiger partial charge < -0.3 is 14.6 Å². The number of hydrogen-bond acceptors (Lipinski definition) is 5. The molecule has 3 heterocycles. The van der Waals surface area contributed by atoms with Crippen molar-refractivity contribution in [3.05, 3.63) is 63.7 Å². The van der Waals surface area contributed by atoms with Gasteiger partial charge >= 0.3 is 0 Å². The van der Waals surface area contributed by atoms with E-state index in [1.54, 1.807) is 4.90 Å². The smallest absolute Gasteiger partial charge is 0.275 e. The van der Waals surface area contributed by atoms with Gasteiger partial charge in [-0.25, -0.2) is 13.8 Å². The molecule has 0 saturated carbocycles. The molecule has 1 fully saturated rings. The van der Waals surface area contributed by atoms with Crippen LogP contribution in [0.1, 0.15) is 34.5 Å². The first-order valence-corrected chi connectivity index (χ1v) is 10.5. The zero-order valence-corrected chi connectivity index (χ0v) is 16.8. The maximum absolute atomic E-state index is 14.6. The van der Waals surface area contributed by atoms with Crippen molar-refractivity contribution >= 4 is 23.2 Å². The molecule has 0 bridgehead atoms. The zero-order valence-electron chi connectivity index (χ0n) is 16.0. The van der Waals surface area contributed by atoms with E-state index >= 15 is 0 Å². The van der Waals surface area contributed by atoms with Crippen molar-refractivity contribution in [3.63, 3.8) is 0 Å². The fourth-order valence-corrected chi connectivity index (χ4v) is 4.01. The molecule has 6 nitrogen and oxygen atoms in total. The van der Waals surface area contributed by atoms with Crippen LogP contribution >= 0.6 is 11.3 Å². The molecule has 2 amide bonds. The third-order valence-corrected chi connectivity index (χ3v) is 5.60. The highest BCUT2D eigenvalue weighted by atomic mass is 32.1. The summed E-state index contributed by atoms with van der Waals surface area (Å²) in [5, 5.41) is 6.39. The van der Waals surface area contributed by atoms with Gasteiger partial charge in [-0.05, 0) is 52.9 Å². The van der Waals surface area contributed by atoms with Crippen LogP contribution in [0.25, 0.3) is 11.5 Å². The van der Waals surface area contributed by atoms with Crippen molar-refractivity contribution in [2.45, 2.75) is 25.8 Å². The normalized spacial score (nSPS) is 13.6. The van der Waals surface area contributed by atoms with Crippen LogP contribution in [0.2, 0.25) is 0 Å². The lowest BCUT2D eigenvalue weighted by molar-refractivity contribution is -0.120. The summed E-state index contributed by atoms with van der Waals surface area (Å²) in [5.41, 5.74) is 0.736. The highest BCUT2D eigenvalue weighted by Crippen LogP contribution is 2.27. The number of carbonyl (C=O) groups excluding carboxylic acids is 2. The Hall–Kier alpha value is -3.07. The Morgan fingerprint density at radius 1 is 1.17 bits per heavy atom. The number of nitrogens with zero attached hydrogens (tertiary/aromatic N) is 2. The van der Waals surface area contributed by atoms with Crippen LogP contribution < -0.4 is 5.32 Å². The third kappa shape index (κ3) is 4.40. The lowest BCUT2D eigenvalue weighted by Crippen LogP contribution is -2.27. The predicted octanol–water partition coefficient (Wildman–Crippen LogP) is 3.78. The molecule has 1 aliphatic rings. The summed E-state index contributed by atoms with van der Waals surface area (Å²) in [6.07, 6.45) is 3.17. The Kier molecular flexibility index (Phi) is 5.89. The highest BCUT2D eigenvalue weighted by molar-refractivity contribution is 7.08. The Balaban J connectivity index is 1.45.